The lowest BCUT2D eigenvalue weighted by Crippen LogP contribution is -2.39. The van der Waals surface area contributed by atoms with E-state index in [0.717, 1.165) is 56.2 Å². The van der Waals surface area contributed by atoms with Gasteiger partial charge in [-0.2, -0.15) is 0 Å². The van der Waals surface area contributed by atoms with E-state index in [4.69, 9.17) is 16.3 Å². The van der Waals surface area contributed by atoms with Crippen molar-refractivity contribution in [1.82, 2.24) is 15.3 Å². The molecular weight excluding hydrogens is 318 g/mol. The van der Waals surface area contributed by atoms with Crippen LogP contribution in [0.5, 0.6) is 0 Å². The number of aryl methyl sites for hydroxylation is 1. The fourth-order valence-electron chi connectivity index (χ4n) is 3.48. The van der Waals surface area contributed by atoms with Gasteiger partial charge in [0.25, 0.3) is 5.91 Å². The molecule has 2 aliphatic rings. The Kier molecular flexibility index (Phi) is 4.80. The number of methoxy groups -OCH3 is 1. The molecule has 1 aromatic heterocycles. The van der Waals surface area contributed by atoms with E-state index in [1.165, 1.54) is 7.11 Å². The van der Waals surface area contributed by atoms with Gasteiger partial charge in [-0.15, -0.1) is 0 Å². The molecule has 1 amide bonds. The number of rotatable bonds is 3. The molecule has 1 saturated carbocycles. The van der Waals surface area contributed by atoms with Gasteiger partial charge < -0.3 is 10.1 Å². The summed E-state index contributed by atoms with van der Waals surface area (Å²) in [6, 6.07) is 0.0641. The second-order valence-electron chi connectivity index (χ2n) is 6.17. The van der Waals surface area contributed by atoms with Crippen molar-refractivity contribution in [1.29, 1.82) is 0 Å². The van der Waals surface area contributed by atoms with Crippen LogP contribution in [0.1, 0.15) is 53.8 Å². The van der Waals surface area contributed by atoms with Gasteiger partial charge >= 0.3 is 5.97 Å². The Labute approximate surface area is 140 Å². The summed E-state index contributed by atoms with van der Waals surface area (Å²) >= 11 is 5.93. The highest BCUT2D eigenvalue weighted by atomic mass is 35.5. The van der Waals surface area contributed by atoms with Crippen molar-refractivity contribution >= 4 is 23.5 Å². The van der Waals surface area contributed by atoms with Crippen molar-refractivity contribution in [2.45, 2.75) is 51.0 Å². The minimum atomic E-state index is -0.186. The second-order valence-corrected chi connectivity index (χ2v) is 6.50. The minimum absolute atomic E-state index is 0.0501. The van der Waals surface area contributed by atoms with Crippen LogP contribution in [0.4, 0.5) is 0 Å². The largest absolute Gasteiger partial charge is 0.469 e. The summed E-state index contributed by atoms with van der Waals surface area (Å²) in [6.45, 7) is 0. The molecule has 1 heterocycles. The molecule has 0 saturated heterocycles. The molecule has 0 aromatic carbocycles. The van der Waals surface area contributed by atoms with E-state index >= 15 is 0 Å². The molecule has 0 bridgehead atoms. The number of nitrogens with one attached hydrogen (secondary N) is 1. The van der Waals surface area contributed by atoms with Crippen molar-refractivity contribution in [3.63, 3.8) is 0 Å². The SMILES string of the molecule is COC(=O)C1CCC(NC(=O)c2nc(Cl)nc3c2CCC3)CC1. The number of fused-ring (bicyclic) bond motifs is 1. The van der Waals surface area contributed by atoms with E-state index in [2.05, 4.69) is 15.3 Å². The number of carbonyl (C=O) groups is 2. The summed E-state index contributed by atoms with van der Waals surface area (Å²) < 4.78 is 4.78. The Bertz CT molecular complexity index is 627. The molecule has 0 atom stereocenters. The maximum atomic E-state index is 12.5. The summed E-state index contributed by atoms with van der Waals surface area (Å²) in [4.78, 5) is 32.4. The van der Waals surface area contributed by atoms with Crippen LogP contribution < -0.4 is 5.32 Å². The summed E-state index contributed by atoms with van der Waals surface area (Å²) in [6.07, 6.45) is 5.67. The van der Waals surface area contributed by atoms with Crippen LogP contribution in [0, 0.1) is 5.92 Å². The Morgan fingerprint density at radius 2 is 1.91 bits per heavy atom. The molecule has 6 nitrogen and oxygen atoms in total. The van der Waals surface area contributed by atoms with Crippen LogP contribution in [-0.4, -0.2) is 35.0 Å². The van der Waals surface area contributed by atoms with Gasteiger partial charge in [-0.05, 0) is 56.5 Å². The van der Waals surface area contributed by atoms with Crippen LogP contribution in [0.3, 0.4) is 0 Å². The molecule has 124 valence electrons. The molecule has 2 aliphatic carbocycles. The smallest absolute Gasteiger partial charge is 0.308 e. The first-order chi connectivity index (χ1) is 11.1. The minimum Gasteiger partial charge on any atom is -0.469 e. The van der Waals surface area contributed by atoms with E-state index in [1.54, 1.807) is 0 Å². The number of ether oxygens (including phenoxy) is 1. The van der Waals surface area contributed by atoms with Crippen molar-refractivity contribution in [2.75, 3.05) is 7.11 Å². The second kappa shape index (κ2) is 6.83. The lowest BCUT2D eigenvalue weighted by atomic mass is 9.86. The quantitative estimate of drug-likeness (QED) is 0.674. The zero-order valence-corrected chi connectivity index (χ0v) is 13.9. The van der Waals surface area contributed by atoms with Gasteiger partial charge in [0.05, 0.1) is 13.0 Å². The first-order valence-electron chi connectivity index (χ1n) is 8.02. The van der Waals surface area contributed by atoms with Gasteiger partial charge in [0.15, 0.2) is 0 Å². The van der Waals surface area contributed by atoms with E-state index in [9.17, 15) is 9.59 Å². The number of halogens is 1. The van der Waals surface area contributed by atoms with Gasteiger partial charge in [0, 0.05) is 17.3 Å². The average Bonchev–Trinajstić information content (AvgIpc) is 3.02. The predicted octanol–water partition coefficient (Wildman–Crippen LogP) is 2.08. The topological polar surface area (TPSA) is 81.2 Å². The predicted molar refractivity (Wildman–Crippen MR) is 84.3 cm³/mol. The number of nitrogens with zero attached hydrogens (tertiary/aromatic N) is 2. The molecule has 3 rings (SSSR count). The highest BCUT2D eigenvalue weighted by molar-refractivity contribution is 6.28. The first-order valence-corrected chi connectivity index (χ1v) is 8.40. The Morgan fingerprint density at radius 1 is 1.17 bits per heavy atom. The van der Waals surface area contributed by atoms with Crippen LogP contribution >= 0.6 is 11.6 Å². The fraction of sp³-hybridized carbons (Fsp3) is 0.625. The van der Waals surface area contributed by atoms with Crippen LogP contribution in [0.15, 0.2) is 0 Å². The van der Waals surface area contributed by atoms with E-state index in [1.807, 2.05) is 0 Å². The monoisotopic (exact) mass is 337 g/mol. The van der Waals surface area contributed by atoms with Gasteiger partial charge in [-0.1, -0.05) is 0 Å². The van der Waals surface area contributed by atoms with Crippen molar-refractivity contribution < 1.29 is 14.3 Å². The zero-order chi connectivity index (χ0) is 16.4. The third-order valence-corrected chi connectivity index (χ3v) is 4.89. The zero-order valence-electron chi connectivity index (χ0n) is 13.1. The highest BCUT2D eigenvalue weighted by Gasteiger charge is 2.29. The number of hydrogen-bond acceptors (Lipinski definition) is 5. The molecule has 7 heteroatoms. The van der Waals surface area contributed by atoms with E-state index < -0.39 is 0 Å². The lowest BCUT2D eigenvalue weighted by Gasteiger charge is -2.27. The molecule has 1 fully saturated rings. The molecule has 0 unspecified atom stereocenters. The Balaban J connectivity index is 1.64. The number of amides is 1. The normalized spacial score (nSPS) is 23.2. The van der Waals surface area contributed by atoms with Crippen LogP contribution in [0.2, 0.25) is 5.28 Å². The van der Waals surface area contributed by atoms with Gasteiger partial charge in [-0.3, -0.25) is 9.59 Å². The number of esters is 1. The van der Waals surface area contributed by atoms with E-state index in [-0.39, 0.29) is 29.1 Å². The molecule has 1 aromatic rings. The molecule has 0 aliphatic heterocycles. The number of carbonyl (C=O) groups excluding carboxylic acids is 2. The molecular formula is C16H20ClN3O3. The summed E-state index contributed by atoms with van der Waals surface area (Å²) in [5.74, 6) is -0.393. The third-order valence-electron chi connectivity index (χ3n) is 4.72. The molecule has 23 heavy (non-hydrogen) atoms. The van der Waals surface area contributed by atoms with Crippen molar-refractivity contribution in [2.24, 2.45) is 5.92 Å². The highest BCUT2D eigenvalue weighted by Crippen LogP contribution is 2.27. The van der Waals surface area contributed by atoms with Crippen LogP contribution in [-0.2, 0) is 22.4 Å². The van der Waals surface area contributed by atoms with Gasteiger partial charge in [0.1, 0.15) is 5.69 Å². The molecule has 1 N–H and O–H groups in total. The Morgan fingerprint density at radius 3 is 2.61 bits per heavy atom. The summed E-state index contributed by atoms with van der Waals surface area (Å²) in [5, 5.41) is 3.16. The number of hydrogen-bond donors (Lipinski definition) is 1. The summed E-state index contributed by atoms with van der Waals surface area (Å²) in [5.41, 5.74) is 2.23. The Hall–Kier alpha value is -1.69. The first kappa shape index (κ1) is 16.2. The average molecular weight is 338 g/mol. The van der Waals surface area contributed by atoms with E-state index in [0.29, 0.717) is 5.69 Å². The molecule has 0 spiro atoms. The summed E-state index contributed by atoms with van der Waals surface area (Å²) in [7, 11) is 1.41. The van der Waals surface area contributed by atoms with Gasteiger partial charge in [-0.25, -0.2) is 9.97 Å². The van der Waals surface area contributed by atoms with Crippen LogP contribution in [0.25, 0.3) is 0 Å². The lowest BCUT2D eigenvalue weighted by molar-refractivity contribution is -0.146. The molecule has 0 radical (unpaired) electrons. The standard InChI is InChI=1S/C16H20ClN3O3/c1-23-15(22)9-5-7-10(8-6-9)18-14(21)13-11-3-2-4-12(11)19-16(17)20-13/h9-10H,2-8H2,1H3,(H,18,21). The fourth-order valence-corrected chi connectivity index (χ4v) is 3.67. The maximum absolute atomic E-state index is 12.5. The van der Waals surface area contributed by atoms with Gasteiger partial charge in [0.2, 0.25) is 5.28 Å². The van der Waals surface area contributed by atoms with Crippen molar-refractivity contribution in [3.8, 4) is 0 Å². The number of aromatic nitrogens is 2. The third kappa shape index (κ3) is 3.47. The maximum Gasteiger partial charge on any atom is 0.308 e. The van der Waals surface area contributed by atoms with Crippen molar-refractivity contribution in [3.05, 3.63) is 22.2 Å².